The Bertz CT molecular complexity index is 555. The molecule has 1 fully saturated rings. The van der Waals surface area contributed by atoms with Gasteiger partial charge in [-0.1, -0.05) is 11.6 Å². The highest BCUT2D eigenvalue weighted by Gasteiger charge is 2.34. The van der Waals surface area contributed by atoms with E-state index in [9.17, 15) is 23.1 Å². The van der Waals surface area contributed by atoms with Crippen LogP contribution in [0.1, 0.15) is 19.3 Å². The van der Waals surface area contributed by atoms with E-state index in [-0.39, 0.29) is 21.9 Å². The van der Waals surface area contributed by atoms with Gasteiger partial charge in [-0.25, -0.2) is 4.68 Å². The molecule has 1 heterocycles. The molecule has 5 nitrogen and oxygen atoms in total. The minimum atomic E-state index is -4.55. The van der Waals surface area contributed by atoms with Crippen molar-refractivity contribution in [1.29, 1.82) is 0 Å². The predicted molar refractivity (Wildman–Crippen MR) is 66.9 cm³/mol. The van der Waals surface area contributed by atoms with E-state index in [0.717, 1.165) is 12.6 Å². The lowest BCUT2D eigenvalue weighted by Gasteiger charge is -2.36. The van der Waals surface area contributed by atoms with Gasteiger partial charge in [0.25, 0.3) is 5.56 Å². The molecule has 0 aromatic carbocycles. The number of aliphatic hydroxyl groups is 1. The molecule has 1 aromatic heterocycles. The Hall–Kier alpha value is -1.28. The standard InChI is InChI=1S/C11H13ClF3N3O2/c12-8-7(16-5-10(20)2-1-3-10)4-17-18(9(8)19)6-11(13,14)15/h4,16,20H,1-3,5-6H2. The summed E-state index contributed by atoms with van der Waals surface area (Å²) in [5, 5.41) is 15.7. The molecule has 0 radical (unpaired) electrons. The minimum absolute atomic E-state index is 0.121. The van der Waals surface area contributed by atoms with Crippen LogP contribution in [-0.2, 0) is 6.54 Å². The van der Waals surface area contributed by atoms with Crippen molar-refractivity contribution in [3.05, 3.63) is 21.6 Å². The van der Waals surface area contributed by atoms with Crippen LogP contribution in [-0.4, -0.2) is 33.2 Å². The molecule has 112 valence electrons. The number of rotatable bonds is 4. The fourth-order valence-electron chi connectivity index (χ4n) is 1.89. The molecule has 2 rings (SSSR count). The van der Waals surface area contributed by atoms with Gasteiger partial charge in [0.05, 0.1) is 17.5 Å². The van der Waals surface area contributed by atoms with Crippen molar-refractivity contribution in [3.8, 4) is 0 Å². The molecule has 0 atom stereocenters. The van der Waals surface area contributed by atoms with E-state index in [4.69, 9.17) is 11.6 Å². The fraction of sp³-hybridized carbons (Fsp3) is 0.636. The van der Waals surface area contributed by atoms with Crippen molar-refractivity contribution in [2.24, 2.45) is 0 Å². The number of alkyl halides is 3. The zero-order valence-electron chi connectivity index (χ0n) is 10.4. The van der Waals surface area contributed by atoms with Crippen molar-refractivity contribution in [1.82, 2.24) is 9.78 Å². The molecule has 1 saturated carbocycles. The number of hydrogen-bond donors (Lipinski definition) is 2. The SMILES string of the molecule is O=c1c(Cl)c(NCC2(O)CCC2)cnn1CC(F)(F)F. The van der Waals surface area contributed by atoms with Gasteiger partial charge in [0, 0.05) is 6.54 Å². The first-order valence-corrected chi connectivity index (χ1v) is 6.37. The Morgan fingerprint density at radius 1 is 1.50 bits per heavy atom. The quantitative estimate of drug-likeness (QED) is 0.889. The van der Waals surface area contributed by atoms with Gasteiger partial charge in [-0.2, -0.15) is 18.3 Å². The maximum Gasteiger partial charge on any atom is 0.408 e. The molecule has 0 unspecified atom stereocenters. The molecule has 1 aliphatic carbocycles. The van der Waals surface area contributed by atoms with Crippen molar-refractivity contribution < 1.29 is 18.3 Å². The summed E-state index contributed by atoms with van der Waals surface area (Å²) in [5.74, 6) is 0. The van der Waals surface area contributed by atoms with E-state index in [1.807, 2.05) is 0 Å². The van der Waals surface area contributed by atoms with E-state index >= 15 is 0 Å². The van der Waals surface area contributed by atoms with Gasteiger partial charge >= 0.3 is 6.18 Å². The fourth-order valence-corrected chi connectivity index (χ4v) is 2.11. The van der Waals surface area contributed by atoms with Crippen LogP contribution in [0.25, 0.3) is 0 Å². The Labute approximate surface area is 117 Å². The molecule has 1 aromatic rings. The van der Waals surface area contributed by atoms with Crippen molar-refractivity contribution in [3.63, 3.8) is 0 Å². The van der Waals surface area contributed by atoms with E-state index in [1.54, 1.807) is 0 Å². The van der Waals surface area contributed by atoms with E-state index in [1.165, 1.54) is 0 Å². The summed E-state index contributed by atoms with van der Waals surface area (Å²) in [6.07, 6.45) is -1.31. The number of halogens is 4. The van der Waals surface area contributed by atoms with Crippen LogP contribution in [0.5, 0.6) is 0 Å². The lowest BCUT2D eigenvalue weighted by Crippen LogP contribution is -2.43. The third kappa shape index (κ3) is 3.43. The van der Waals surface area contributed by atoms with E-state index in [0.29, 0.717) is 12.8 Å². The lowest BCUT2D eigenvalue weighted by atomic mass is 9.80. The third-order valence-electron chi connectivity index (χ3n) is 3.21. The third-order valence-corrected chi connectivity index (χ3v) is 3.57. The maximum atomic E-state index is 12.2. The molecule has 20 heavy (non-hydrogen) atoms. The molecule has 0 saturated heterocycles. The molecular weight excluding hydrogens is 299 g/mol. The summed E-state index contributed by atoms with van der Waals surface area (Å²) < 4.78 is 36.9. The predicted octanol–water partition coefficient (Wildman–Crippen LogP) is 1.79. The Balaban J connectivity index is 2.12. The molecule has 1 aliphatic rings. The second kappa shape index (κ2) is 5.25. The van der Waals surface area contributed by atoms with Gasteiger partial charge in [0.1, 0.15) is 11.6 Å². The van der Waals surface area contributed by atoms with Crippen LogP contribution >= 0.6 is 11.6 Å². The number of anilines is 1. The highest BCUT2D eigenvalue weighted by molar-refractivity contribution is 6.32. The first-order chi connectivity index (χ1) is 9.20. The number of nitrogens with zero attached hydrogens (tertiary/aromatic N) is 2. The summed E-state index contributed by atoms with van der Waals surface area (Å²) in [4.78, 5) is 11.6. The van der Waals surface area contributed by atoms with Crippen molar-refractivity contribution in [2.45, 2.75) is 37.6 Å². The number of hydrogen-bond acceptors (Lipinski definition) is 4. The monoisotopic (exact) mass is 311 g/mol. The zero-order valence-corrected chi connectivity index (χ0v) is 11.1. The zero-order chi connectivity index (χ0) is 15.0. The Kier molecular flexibility index (Phi) is 3.97. The summed E-state index contributed by atoms with van der Waals surface area (Å²) in [5.41, 5.74) is -1.74. The summed E-state index contributed by atoms with van der Waals surface area (Å²) >= 11 is 5.73. The van der Waals surface area contributed by atoms with Crippen LogP contribution in [0.3, 0.4) is 0 Å². The highest BCUT2D eigenvalue weighted by Crippen LogP contribution is 2.32. The van der Waals surface area contributed by atoms with Crippen LogP contribution in [0, 0.1) is 0 Å². The molecular formula is C11H13ClF3N3O2. The number of aromatic nitrogens is 2. The summed E-state index contributed by atoms with van der Waals surface area (Å²) in [6.45, 7) is -1.31. The second-order valence-corrected chi connectivity index (χ2v) is 5.26. The summed E-state index contributed by atoms with van der Waals surface area (Å²) in [6, 6.07) is 0. The van der Waals surface area contributed by atoms with Crippen LogP contribution in [0.2, 0.25) is 5.02 Å². The topological polar surface area (TPSA) is 67.2 Å². The van der Waals surface area contributed by atoms with Crippen LogP contribution in [0.15, 0.2) is 11.0 Å². The average molecular weight is 312 g/mol. The Morgan fingerprint density at radius 2 is 2.15 bits per heavy atom. The van der Waals surface area contributed by atoms with Crippen molar-refractivity contribution in [2.75, 3.05) is 11.9 Å². The van der Waals surface area contributed by atoms with Gasteiger partial charge < -0.3 is 10.4 Å². The second-order valence-electron chi connectivity index (χ2n) is 4.88. The molecule has 2 N–H and O–H groups in total. The first-order valence-electron chi connectivity index (χ1n) is 5.99. The van der Waals surface area contributed by atoms with Gasteiger partial charge in [-0.3, -0.25) is 4.79 Å². The maximum absolute atomic E-state index is 12.2. The van der Waals surface area contributed by atoms with Gasteiger partial charge in [0.2, 0.25) is 0 Å². The Morgan fingerprint density at radius 3 is 2.65 bits per heavy atom. The molecule has 9 heteroatoms. The van der Waals surface area contributed by atoms with Gasteiger partial charge in [-0.05, 0) is 19.3 Å². The highest BCUT2D eigenvalue weighted by atomic mass is 35.5. The molecule has 0 bridgehead atoms. The molecule has 0 amide bonds. The van der Waals surface area contributed by atoms with Gasteiger partial charge in [-0.15, -0.1) is 0 Å². The average Bonchev–Trinajstić information content (AvgIpc) is 2.30. The first kappa shape index (κ1) is 15.1. The molecule has 0 aliphatic heterocycles. The van der Waals surface area contributed by atoms with E-state index in [2.05, 4.69) is 10.4 Å². The van der Waals surface area contributed by atoms with Crippen molar-refractivity contribution >= 4 is 17.3 Å². The van der Waals surface area contributed by atoms with E-state index < -0.39 is 23.9 Å². The normalized spacial score (nSPS) is 17.6. The largest absolute Gasteiger partial charge is 0.408 e. The number of nitrogens with one attached hydrogen (secondary N) is 1. The van der Waals surface area contributed by atoms with Crippen LogP contribution < -0.4 is 10.9 Å². The minimum Gasteiger partial charge on any atom is -0.388 e. The van der Waals surface area contributed by atoms with Gasteiger partial charge in [0.15, 0.2) is 0 Å². The summed E-state index contributed by atoms with van der Waals surface area (Å²) in [7, 11) is 0. The smallest absolute Gasteiger partial charge is 0.388 e. The van der Waals surface area contributed by atoms with Crippen LogP contribution in [0.4, 0.5) is 18.9 Å². The lowest BCUT2D eigenvalue weighted by molar-refractivity contribution is -0.143. The molecule has 0 spiro atoms.